The monoisotopic (exact) mass is 453 g/mol. The van der Waals surface area contributed by atoms with E-state index >= 15 is 0 Å². The minimum atomic E-state index is -0.280. The molecule has 1 aliphatic rings. The van der Waals surface area contributed by atoms with Gasteiger partial charge >= 0.3 is 0 Å². The fraction of sp³-hybridized carbons (Fsp3) is 0.375. The van der Waals surface area contributed by atoms with Gasteiger partial charge in [0.15, 0.2) is 10.6 Å². The summed E-state index contributed by atoms with van der Waals surface area (Å²) in [7, 11) is 0. The Balaban J connectivity index is 1.51. The molecule has 8 heteroatoms. The molecule has 32 heavy (non-hydrogen) atoms. The number of thiazole rings is 1. The number of carbonyl (C=O) groups excluding carboxylic acids is 2. The number of benzene rings is 1. The van der Waals surface area contributed by atoms with Crippen molar-refractivity contribution in [2.75, 3.05) is 13.2 Å². The minimum Gasteiger partial charge on any atom is -0.454 e. The average molecular weight is 454 g/mol. The minimum absolute atomic E-state index is 0.0791. The maximum Gasteiger partial charge on any atom is 0.287 e. The zero-order valence-corrected chi connectivity index (χ0v) is 19.3. The van der Waals surface area contributed by atoms with Crippen molar-refractivity contribution in [3.05, 3.63) is 74.4 Å². The molecule has 0 radical (unpaired) electrons. The lowest BCUT2D eigenvalue weighted by molar-refractivity contribution is 0.0833. The van der Waals surface area contributed by atoms with Gasteiger partial charge in [0.25, 0.3) is 11.8 Å². The van der Waals surface area contributed by atoms with Gasteiger partial charge in [-0.2, -0.15) is 4.99 Å². The Kier molecular flexibility index (Phi) is 6.72. The molecule has 1 saturated heterocycles. The molecule has 0 saturated carbocycles. The number of hydrogen-bond donors (Lipinski definition) is 1. The first-order chi connectivity index (χ1) is 15.4. The van der Waals surface area contributed by atoms with Crippen molar-refractivity contribution in [1.82, 2.24) is 9.88 Å². The standard InChI is InChI=1S/C24H27N3O4S/c1-15-6-4-7-18(12-15)22(28)26-24-27(16(2)17(3)32-24)14-20-9-10-21(31-20)23(29)25-13-19-8-5-11-30-19/h4,6-7,9-10,12,19H,5,8,11,13-14H2,1-3H3,(H,25,29)/t19-/m0/s1. The van der Waals surface area contributed by atoms with E-state index in [1.54, 1.807) is 18.2 Å². The lowest BCUT2D eigenvalue weighted by Gasteiger charge is -2.09. The van der Waals surface area contributed by atoms with Gasteiger partial charge in [0.2, 0.25) is 0 Å². The van der Waals surface area contributed by atoms with E-state index < -0.39 is 0 Å². The molecule has 0 aliphatic carbocycles. The Labute approximate surface area is 190 Å². The van der Waals surface area contributed by atoms with Crippen LogP contribution in [0.15, 0.2) is 45.8 Å². The van der Waals surface area contributed by atoms with Crippen molar-refractivity contribution in [3.63, 3.8) is 0 Å². The van der Waals surface area contributed by atoms with Crippen LogP contribution < -0.4 is 10.1 Å². The molecule has 0 bridgehead atoms. The summed E-state index contributed by atoms with van der Waals surface area (Å²) in [5, 5.41) is 2.87. The molecule has 168 valence electrons. The van der Waals surface area contributed by atoms with Crippen LogP contribution in [0.4, 0.5) is 0 Å². The zero-order chi connectivity index (χ0) is 22.7. The summed E-state index contributed by atoms with van der Waals surface area (Å²) in [6.45, 7) is 7.55. The third kappa shape index (κ3) is 5.08. The number of aromatic nitrogens is 1. The number of nitrogens with zero attached hydrogens (tertiary/aromatic N) is 2. The molecule has 1 aromatic carbocycles. The highest BCUT2D eigenvalue weighted by atomic mass is 32.1. The van der Waals surface area contributed by atoms with E-state index in [2.05, 4.69) is 10.3 Å². The van der Waals surface area contributed by atoms with Crippen molar-refractivity contribution in [1.29, 1.82) is 0 Å². The summed E-state index contributed by atoms with van der Waals surface area (Å²) >= 11 is 1.46. The van der Waals surface area contributed by atoms with Crippen LogP contribution in [0.25, 0.3) is 0 Å². The Hall–Kier alpha value is -2.97. The van der Waals surface area contributed by atoms with Gasteiger partial charge in [-0.3, -0.25) is 9.59 Å². The number of rotatable bonds is 6. The molecule has 1 N–H and O–H groups in total. The maximum atomic E-state index is 12.7. The molecule has 1 atom stereocenters. The van der Waals surface area contributed by atoms with Gasteiger partial charge in [-0.15, -0.1) is 11.3 Å². The van der Waals surface area contributed by atoms with Gasteiger partial charge < -0.3 is 19.0 Å². The van der Waals surface area contributed by atoms with Crippen LogP contribution >= 0.6 is 11.3 Å². The fourth-order valence-electron chi connectivity index (χ4n) is 3.64. The summed E-state index contributed by atoms with van der Waals surface area (Å²) in [5.41, 5.74) is 2.58. The van der Waals surface area contributed by atoms with E-state index in [1.807, 2.05) is 43.5 Å². The van der Waals surface area contributed by atoms with Gasteiger partial charge in [-0.05, 0) is 57.9 Å². The smallest absolute Gasteiger partial charge is 0.287 e. The number of ether oxygens (including phenoxy) is 1. The average Bonchev–Trinajstić information content (AvgIpc) is 3.51. The van der Waals surface area contributed by atoms with Crippen LogP contribution in [0.3, 0.4) is 0 Å². The van der Waals surface area contributed by atoms with E-state index in [9.17, 15) is 9.59 Å². The van der Waals surface area contributed by atoms with Crippen molar-refractivity contribution in [2.24, 2.45) is 4.99 Å². The molecule has 0 unspecified atom stereocenters. The van der Waals surface area contributed by atoms with Crippen LogP contribution in [-0.2, 0) is 11.3 Å². The second-order valence-corrected chi connectivity index (χ2v) is 9.19. The number of aryl methyl sites for hydroxylation is 2. The van der Waals surface area contributed by atoms with Crippen molar-refractivity contribution in [2.45, 2.75) is 46.3 Å². The second kappa shape index (κ2) is 9.67. The lowest BCUT2D eigenvalue weighted by atomic mass is 10.1. The van der Waals surface area contributed by atoms with E-state index in [4.69, 9.17) is 9.15 Å². The molecule has 2 amide bonds. The third-order valence-electron chi connectivity index (χ3n) is 5.57. The Morgan fingerprint density at radius 3 is 2.81 bits per heavy atom. The van der Waals surface area contributed by atoms with Gasteiger partial charge in [-0.1, -0.05) is 17.7 Å². The first kappa shape index (κ1) is 22.2. The topological polar surface area (TPSA) is 85.8 Å². The number of nitrogens with one attached hydrogen (secondary N) is 1. The predicted octanol–water partition coefficient (Wildman–Crippen LogP) is 3.77. The first-order valence-electron chi connectivity index (χ1n) is 10.7. The Morgan fingerprint density at radius 2 is 2.06 bits per heavy atom. The molecule has 2 aromatic heterocycles. The summed E-state index contributed by atoms with van der Waals surface area (Å²) in [4.78, 5) is 31.2. The Bertz CT molecular complexity index is 1200. The highest BCUT2D eigenvalue weighted by Crippen LogP contribution is 2.16. The first-order valence-corrected chi connectivity index (χ1v) is 11.5. The molecule has 4 rings (SSSR count). The van der Waals surface area contributed by atoms with Gasteiger partial charge in [0, 0.05) is 29.3 Å². The number of furan rings is 1. The third-order valence-corrected chi connectivity index (χ3v) is 6.66. The van der Waals surface area contributed by atoms with Gasteiger partial charge in [0.1, 0.15) is 5.76 Å². The van der Waals surface area contributed by atoms with Crippen molar-refractivity contribution >= 4 is 23.2 Å². The summed E-state index contributed by atoms with van der Waals surface area (Å²) in [6.07, 6.45) is 2.07. The highest BCUT2D eigenvalue weighted by Gasteiger charge is 2.19. The van der Waals surface area contributed by atoms with Crippen LogP contribution in [0.1, 0.15) is 55.6 Å². The lowest BCUT2D eigenvalue weighted by Crippen LogP contribution is -2.31. The largest absolute Gasteiger partial charge is 0.454 e. The van der Waals surface area contributed by atoms with Crippen molar-refractivity contribution in [3.8, 4) is 0 Å². The normalized spacial score (nSPS) is 16.5. The zero-order valence-electron chi connectivity index (χ0n) is 18.5. The molecular formula is C24H27N3O4S. The SMILES string of the molecule is Cc1cccc(C(=O)N=c2sc(C)c(C)n2Cc2ccc(C(=O)NC[C@@H]3CCCO3)o2)c1. The molecule has 3 aromatic rings. The number of amides is 2. The van der Waals surface area contributed by atoms with E-state index in [1.165, 1.54) is 11.3 Å². The molecule has 3 heterocycles. The number of carbonyl (C=O) groups is 2. The van der Waals surface area contributed by atoms with Crippen LogP contribution in [0.5, 0.6) is 0 Å². The molecule has 1 aliphatic heterocycles. The second-order valence-electron chi connectivity index (χ2n) is 8.01. The molecule has 0 spiro atoms. The van der Waals surface area contributed by atoms with E-state index in [-0.39, 0.29) is 23.7 Å². The van der Waals surface area contributed by atoms with E-state index in [0.717, 1.165) is 35.6 Å². The molecular weight excluding hydrogens is 426 g/mol. The van der Waals surface area contributed by atoms with Gasteiger partial charge in [0.05, 0.1) is 12.6 Å². The van der Waals surface area contributed by atoms with Crippen LogP contribution in [0, 0.1) is 20.8 Å². The van der Waals surface area contributed by atoms with E-state index in [0.29, 0.717) is 29.2 Å². The molecule has 7 nitrogen and oxygen atoms in total. The van der Waals surface area contributed by atoms with Gasteiger partial charge in [-0.25, -0.2) is 0 Å². The summed E-state index contributed by atoms with van der Waals surface area (Å²) < 4.78 is 13.3. The highest BCUT2D eigenvalue weighted by molar-refractivity contribution is 7.09. The number of hydrogen-bond acceptors (Lipinski definition) is 5. The quantitative estimate of drug-likeness (QED) is 0.616. The maximum absolute atomic E-state index is 12.7. The van der Waals surface area contributed by atoms with Crippen LogP contribution in [-0.4, -0.2) is 35.6 Å². The fourth-order valence-corrected chi connectivity index (χ4v) is 4.61. The molecule has 1 fully saturated rings. The van der Waals surface area contributed by atoms with Crippen molar-refractivity contribution < 1.29 is 18.7 Å². The Morgan fingerprint density at radius 1 is 1.22 bits per heavy atom. The van der Waals surface area contributed by atoms with Crippen LogP contribution in [0.2, 0.25) is 0 Å². The summed E-state index contributed by atoms with van der Waals surface area (Å²) in [5.74, 6) is 0.349. The predicted molar refractivity (Wildman–Crippen MR) is 122 cm³/mol. The summed E-state index contributed by atoms with van der Waals surface area (Å²) in [6, 6.07) is 10.9.